The SMILES string of the molecule is CCC(C)[C@@H](c1ccc(F)cc1[N+](=O)[O-])N1CCNCC1. The molecule has 0 bridgehead atoms. The molecule has 1 heterocycles. The Hall–Kier alpha value is -1.53. The first-order valence-corrected chi connectivity index (χ1v) is 7.43. The Morgan fingerprint density at radius 1 is 1.43 bits per heavy atom. The number of nitro benzene ring substituents is 1. The van der Waals surface area contributed by atoms with Crippen LogP contribution in [0.5, 0.6) is 0 Å². The molecule has 1 N–H and O–H groups in total. The average molecular weight is 295 g/mol. The third-order valence-corrected chi connectivity index (χ3v) is 4.24. The van der Waals surface area contributed by atoms with Crippen molar-refractivity contribution in [1.82, 2.24) is 10.2 Å². The number of nitrogens with zero attached hydrogens (tertiary/aromatic N) is 2. The van der Waals surface area contributed by atoms with Gasteiger partial charge in [-0.2, -0.15) is 0 Å². The number of halogens is 1. The van der Waals surface area contributed by atoms with Gasteiger partial charge >= 0.3 is 0 Å². The molecular weight excluding hydrogens is 273 g/mol. The molecule has 1 unspecified atom stereocenters. The molecule has 1 aliphatic rings. The highest BCUT2D eigenvalue weighted by atomic mass is 19.1. The third-order valence-electron chi connectivity index (χ3n) is 4.24. The van der Waals surface area contributed by atoms with E-state index in [0.717, 1.165) is 38.7 Å². The fourth-order valence-corrected chi connectivity index (χ4v) is 2.97. The highest BCUT2D eigenvalue weighted by Crippen LogP contribution is 2.36. The van der Waals surface area contributed by atoms with Crippen LogP contribution in [0.4, 0.5) is 10.1 Å². The minimum Gasteiger partial charge on any atom is -0.314 e. The molecule has 1 saturated heterocycles. The van der Waals surface area contributed by atoms with Crippen LogP contribution in [0.15, 0.2) is 18.2 Å². The second-order valence-electron chi connectivity index (χ2n) is 5.58. The second-order valence-corrected chi connectivity index (χ2v) is 5.58. The molecule has 1 aliphatic heterocycles. The van der Waals surface area contributed by atoms with Crippen molar-refractivity contribution in [1.29, 1.82) is 0 Å². The van der Waals surface area contributed by atoms with Gasteiger partial charge in [0, 0.05) is 37.8 Å². The molecule has 5 nitrogen and oxygen atoms in total. The van der Waals surface area contributed by atoms with Gasteiger partial charge < -0.3 is 5.32 Å². The Morgan fingerprint density at radius 2 is 2.10 bits per heavy atom. The smallest absolute Gasteiger partial charge is 0.277 e. The van der Waals surface area contributed by atoms with E-state index >= 15 is 0 Å². The number of piperazine rings is 1. The summed E-state index contributed by atoms with van der Waals surface area (Å²) < 4.78 is 13.4. The molecule has 1 fully saturated rings. The molecule has 0 radical (unpaired) electrons. The first-order chi connectivity index (χ1) is 10.0. The van der Waals surface area contributed by atoms with Gasteiger partial charge in [-0.25, -0.2) is 4.39 Å². The van der Waals surface area contributed by atoms with Gasteiger partial charge in [0.1, 0.15) is 5.82 Å². The standard InChI is InChI=1S/C15H22FN3O2/c1-3-11(2)15(18-8-6-17-7-9-18)13-5-4-12(16)10-14(13)19(20)21/h4-5,10-11,15,17H,3,6-9H2,1-2H3/t11?,15-/m0/s1. The summed E-state index contributed by atoms with van der Waals surface area (Å²) >= 11 is 0. The summed E-state index contributed by atoms with van der Waals surface area (Å²) in [6.07, 6.45) is 0.920. The van der Waals surface area contributed by atoms with Gasteiger partial charge in [-0.3, -0.25) is 15.0 Å². The molecule has 1 aromatic rings. The van der Waals surface area contributed by atoms with Crippen molar-refractivity contribution in [3.05, 3.63) is 39.7 Å². The maximum Gasteiger partial charge on any atom is 0.277 e. The third kappa shape index (κ3) is 3.57. The Balaban J connectivity index is 2.42. The fourth-order valence-electron chi connectivity index (χ4n) is 2.97. The van der Waals surface area contributed by atoms with Crippen molar-refractivity contribution in [2.75, 3.05) is 26.2 Å². The van der Waals surface area contributed by atoms with Crippen molar-refractivity contribution in [3.8, 4) is 0 Å². The molecule has 0 aromatic heterocycles. The Labute approximate surface area is 124 Å². The van der Waals surface area contributed by atoms with Gasteiger partial charge in [-0.15, -0.1) is 0 Å². The van der Waals surface area contributed by atoms with Crippen LogP contribution in [0, 0.1) is 21.8 Å². The van der Waals surface area contributed by atoms with Crippen LogP contribution in [0.2, 0.25) is 0 Å². The molecule has 2 rings (SSSR count). The summed E-state index contributed by atoms with van der Waals surface area (Å²) in [5, 5.41) is 14.6. The van der Waals surface area contributed by atoms with Crippen molar-refractivity contribution in [2.24, 2.45) is 5.92 Å². The predicted molar refractivity (Wildman–Crippen MR) is 79.7 cm³/mol. The molecule has 21 heavy (non-hydrogen) atoms. The topological polar surface area (TPSA) is 58.4 Å². The normalized spacial score (nSPS) is 19.2. The highest BCUT2D eigenvalue weighted by Gasteiger charge is 2.31. The van der Waals surface area contributed by atoms with E-state index < -0.39 is 10.7 Å². The van der Waals surface area contributed by atoms with E-state index in [9.17, 15) is 14.5 Å². The van der Waals surface area contributed by atoms with Crippen LogP contribution in [0.3, 0.4) is 0 Å². The summed E-state index contributed by atoms with van der Waals surface area (Å²) in [5.74, 6) is -0.291. The van der Waals surface area contributed by atoms with Crippen LogP contribution in [-0.2, 0) is 0 Å². The van der Waals surface area contributed by atoms with Gasteiger partial charge in [-0.1, -0.05) is 20.3 Å². The molecular formula is C15H22FN3O2. The molecule has 0 amide bonds. The zero-order valence-corrected chi connectivity index (χ0v) is 12.5. The fraction of sp³-hybridized carbons (Fsp3) is 0.600. The Morgan fingerprint density at radius 3 is 2.67 bits per heavy atom. The van der Waals surface area contributed by atoms with E-state index in [2.05, 4.69) is 24.1 Å². The molecule has 2 atom stereocenters. The van der Waals surface area contributed by atoms with E-state index in [1.54, 1.807) is 6.07 Å². The lowest BCUT2D eigenvalue weighted by Gasteiger charge is -2.38. The Kier molecular flexibility index (Phi) is 5.25. The van der Waals surface area contributed by atoms with Gasteiger partial charge in [0.05, 0.1) is 11.0 Å². The number of hydrogen-bond acceptors (Lipinski definition) is 4. The van der Waals surface area contributed by atoms with E-state index in [1.165, 1.54) is 6.07 Å². The van der Waals surface area contributed by atoms with Crippen molar-refractivity contribution in [2.45, 2.75) is 26.3 Å². The number of hydrogen-bond donors (Lipinski definition) is 1. The number of nitro groups is 1. The Bertz CT molecular complexity index is 504. The lowest BCUT2D eigenvalue weighted by atomic mass is 9.89. The van der Waals surface area contributed by atoms with Crippen LogP contribution >= 0.6 is 0 Å². The quantitative estimate of drug-likeness (QED) is 0.670. The van der Waals surface area contributed by atoms with Crippen LogP contribution in [0.25, 0.3) is 0 Å². The summed E-state index contributed by atoms with van der Waals surface area (Å²) in [7, 11) is 0. The highest BCUT2D eigenvalue weighted by molar-refractivity contribution is 5.43. The average Bonchev–Trinajstić information content (AvgIpc) is 2.49. The first-order valence-electron chi connectivity index (χ1n) is 7.43. The molecule has 0 spiro atoms. The maximum atomic E-state index is 13.4. The maximum absolute atomic E-state index is 13.4. The predicted octanol–water partition coefficient (Wildman–Crippen LogP) is 2.73. The lowest BCUT2D eigenvalue weighted by Crippen LogP contribution is -2.46. The zero-order chi connectivity index (χ0) is 15.4. The molecule has 0 aliphatic carbocycles. The van der Waals surface area contributed by atoms with Gasteiger partial charge in [0.15, 0.2) is 0 Å². The van der Waals surface area contributed by atoms with Crippen molar-refractivity contribution >= 4 is 5.69 Å². The minimum atomic E-state index is -0.561. The van der Waals surface area contributed by atoms with Crippen molar-refractivity contribution in [3.63, 3.8) is 0 Å². The first kappa shape index (κ1) is 15.9. The summed E-state index contributed by atoms with van der Waals surface area (Å²) in [4.78, 5) is 13.1. The minimum absolute atomic E-state index is 0.0434. The molecule has 6 heteroatoms. The van der Waals surface area contributed by atoms with E-state index in [4.69, 9.17) is 0 Å². The van der Waals surface area contributed by atoms with E-state index in [1.807, 2.05) is 0 Å². The van der Waals surface area contributed by atoms with E-state index in [0.29, 0.717) is 5.56 Å². The van der Waals surface area contributed by atoms with Gasteiger partial charge in [0.25, 0.3) is 5.69 Å². The van der Waals surface area contributed by atoms with Crippen molar-refractivity contribution < 1.29 is 9.31 Å². The number of nitrogens with one attached hydrogen (secondary N) is 1. The summed E-state index contributed by atoms with van der Waals surface area (Å²) in [5.41, 5.74) is 0.511. The van der Waals surface area contributed by atoms with Crippen LogP contribution in [-0.4, -0.2) is 36.0 Å². The zero-order valence-electron chi connectivity index (χ0n) is 12.5. The van der Waals surface area contributed by atoms with Gasteiger partial charge in [0.2, 0.25) is 0 Å². The number of rotatable bonds is 5. The summed E-state index contributed by atoms with van der Waals surface area (Å²) in [6.45, 7) is 7.63. The monoisotopic (exact) mass is 295 g/mol. The molecule has 0 saturated carbocycles. The van der Waals surface area contributed by atoms with Gasteiger partial charge in [-0.05, 0) is 18.1 Å². The summed E-state index contributed by atoms with van der Waals surface area (Å²) in [6, 6.07) is 3.89. The molecule has 116 valence electrons. The van der Waals surface area contributed by atoms with E-state index in [-0.39, 0.29) is 17.6 Å². The number of benzene rings is 1. The largest absolute Gasteiger partial charge is 0.314 e. The van der Waals surface area contributed by atoms with Crippen LogP contribution in [0.1, 0.15) is 31.9 Å². The lowest BCUT2D eigenvalue weighted by molar-refractivity contribution is -0.386. The van der Waals surface area contributed by atoms with Crippen LogP contribution < -0.4 is 5.32 Å². The second kappa shape index (κ2) is 6.95. The molecule has 1 aromatic carbocycles.